The zero-order valence-electron chi connectivity index (χ0n) is 17.5. The molecule has 3 aromatic heterocycles. The van der Waals surface area contributed by atoms with Gasteiger partial charge in [0.15, 0.2) is 0 Å². The molecule has 1 N–H and O–H groups in total. The second-order valence-electron chi connectivity index (χ2n) is 8.19. The maximum atomic E-state index is 9.82. The van der Waals surface area contributed by atoms with E-state index in [9.17, 15) is 15.6 Å². The highest BCUT2D eigenvalue weighted by Crippen LogP contribution is 2.45. The fourth-order valence-corrected chi connectivity index (χ4v) is 4.53. The molecule has 0 atom stereocenters. The van der Waals surface area contributed by atoms with Crippen LogP contribution in [0.25, 0.3) is 33.3 Å². The summed E-state index contributed by atoms with van der Waals surface area (Å²) in [5.74, 6) is -0.0753. The largest absolute Gasteiger partial charge is 0.390 e. The highest BCUT2D eigenvalue weighted by atomic mass is 16.3. The third-order valence-corrected chi connectivity index (χ3v) is 6.28. The molecule has 1 fully saturated rings. The topological polar surface area (TPSA) is 129 Å². The Bertz CT molecular complexity index is 1400. The zero-order valence-corrected chi connectivity index (χ0v) is 17.5. The minimum atomic E-state index is -0.535. The van der Waals surface area contributed by atoms with Crippen LogP contribution in [0.3, 0.4) is 0 Å². The predicted octanol–water partition coefficient (Wildman–Crippen LogP) is 2.93. The first-order chi connectivity index (χ1) is 15.6. The van der Waals surface area contributed by atoms with E-state index in [-0.39, 0.29) is 18.9 Å². The molecule has 32 heavy (non-hydrogen) atoms. The summed E-state index contributed by atoms with van der Waals surface area (Å²) in [4.78, 5) is 6.13. The number of hydrogen-bond donors (Lipinski definition) is 1. The number of hydrogen-bond acceptors (Lipinski definition) is 7. The molecule has 0 radical (unpaired) electrons. The van der Waals surface area contributed by atoms with Crippen molar-refractivity contribution in [3.05, 3.63) is 48.5 Å². The molecular weight excluding hydrogens is 404 g/mol. The summed E-state index contributed by atoms with van der Waals surface area (Å²) < 4.78 is 1.65. The van der Waals surface area contributed by atoms with Crippen LogP contribution in [-0.4, -0.2) is 34.9 Å². The molecule has 0 bridgehead atoms. The molecule has 5 rings (SSSR count). The normalized spacial score (nSPS) is 19.9. The Morgan fingerprint density at radius 1 is 1.19 bits per heavy atom. The molecule has 1 aliphatic rings. The van der Waals surface area contributed by atoms with Crippen molar-refractivity contribution in [3.8, 4) is 34.5 Å². The summed E-state index contributed by atoms with van der Waals surface area (Å²) in [6.45, 7) is -0.131. The van der Waals surface area contributed by atoms with E-state index < -0.39 is 5.54 Å². The van der Waals surface area contributed by atoms with Crippen molar-refractivity contribution in [2.24, 2.45) is 13.0 Å². The lowest BCUT2D eigenvalue weighted by atomic mass is 9.68. The molecule has 0 unspecified atom stereocenters. The number of benzene rings is 1. The van der Waals surface area contributed by atoms with Crippen LogP contribution in [-0.2, 0) is 19.2 Å². The third-order valence-electron chi connectivity index (χ3n) is 6.28. The van der Waals surface area contributed by atoms with Gasteiger partial charge >= 0.3 is 0 Å². The Hall–Kier alpha value is -4.08. The fraction of sp³-hybridized carbons (Fsp3) is 0.304. The van der Waals surface area contributed by atoms with Crippen LogP contribution in [0.15, 0.2) is 42.9 Å². The Balaban J connectivity index is 1.64. The summed E-state index contributed by atoms with van der Waals surface area (Å²) in [5.41, 5.74) is 4.18. The van der Waals surface area contributed by atoms with Crippen molar-refractivity contribution < 1.29 is 5.11 Å². The second kappa shape index (κ2) is 7.56. The summed E-state index contributed by atoms with van der Waals surface area (Å²) >= 11 is 0. The average molecular weight is 424 g/mol. The van der Waals surface area contributed by atoms with Crippen LogP contribution in [0.2, 0.25) is 0 Å². The van der Waals surface area contributed by atoms with Gasteiger partial charge in [-0.3, -0.25) is 9.67 Å². The first-order valence-electron chi connectivity index (χ1n) is 10.3. The van der Waals surface area contributed by atoms with Crippen LogP contribution in [0, 0.1) is 28.6 Å². The highest BCUT2D eigenvalue weighted by Gasteiger charge is 2.48. The molecule has 0 spiro atoms. The lowest BCUT2D eigenvalue weighted by Crippen LogP contribution is -2.47. The van der Waals surface area contributed by atoms with Crippen molar-refractivity contribution in [1.29, 1.82) is 10.5 Å². The molecule has 1 aromatic carbocycles. The quantitative estimate of drug-likeness (QED) is 0.521. The molecule has 0 saturated heterocycles. The first kappa shape index (κ1) is 19.9. The van der Waals surface area contributed by atoms with Crippen LogP contribution in [0.4, 0.5) is 0 Å². The van der Waals surface area contributed by atoms with Gasteiger partial charge in [-0.05, 0) is 36.6 Å². The third kappa shape index (κ3) is 3.03. The Labute approximate surface area is 184 Å². The van der Waals surface area contributed by atoms with Crippen LogP contribution in [0.5, 0.6) is 0 Å². The number of nitriles is 2. The minimum absolute atomic E-state index is 0.0753. The van der Waals surface area contributed by atoms with Crippen molar-refractivity contribution in [2.45, 2.75) is 31.4 Å². The van der Waals surface area contributed by atoms with Gasteiger partial charge in [-0.25, -0.2) is 0 Å². The van der Waals surface area contributed by atoms with Crippen molar-refractivity contribution in [2.75, 3.05) is 0 Å². The van der Waals surface area contributed by atoms with Crippen LogP contribution < -0.4 is 0 Å². The van der Waals surface area contributed by atoms with Crippen molar-refractivity contribution in [1.82, 2.24) is 29.8 Å². The lowest BCUT2D eigenvalue weighted by molar-refractivity contribution is 0.0713. The molecular formula is C23H20N8O. The van der Waals surface area contributed by atoms with Crippen LogP contribution in [0.1, 0.15) is 25.0 Å². The number of fused-ring (bicyclic) bond motifs is 1. The molecule has 0 amide bonds. The number of rotatable bonds is 5. The van der Waals surface area contributed by atoms with Gasteiger partial charge in [0.1, 0.15) is 5.69 Å². The molecule has 0 aliphatic heterocycles. The van der Waals surface area contributed by atoms with E-state index in [4.69, 9.17) is 5.10 Å². The molecule has 9 heteroatoms. The van der Waals surface area contributed by atoms with Gasteiger partial charge in [-0.1, -0.05) is 6.07 Å². The second-order valence-corrected chi connectivity index (χ2v) is 8.19. The number of aryl methyl sites for hydroxylation is 1. The Kier molecular flexibility index (Phi) is 4.69. The molecule has 9 nitrogen and oxygen atoms in total. The van der Waals surface area contributed by atoms with Crippen LogP contribution >= 0.6 is 0 Å². The van der Waals surface area contributed by atoms with E-state index >= 15 is 0 Å². The standard InChI is InChI=1S/C23H20N8O/c1-30-22(14-32)19(12-27-30)16-7-18(17-3-2-6-26-20(17)8-16)21-13-28-31(29-21)23(4-5-24)9-15(10-23)11-25/h2-3,6-8,12-13,15,32H,4,9-10,14H2,1H3. The SMILES string of the molecule is Cn1ncc(-c2cc(-c3cnn(C4(CC#N)CC(C#N)C4)n3)c3cccnc3c2)c1CO. The van der Waals surface area contributed by atoms with Gasteiger partial charge < -0.3 is 5.11 Å². The van der Waals surface area contributed by atoms with E-state index in [2.05, 4.69) is 27.3 Å². The number of aliphatic hydroxyl groups is 1. The zero-order chi connectivity index (χ0) is 22.3. The lowest BCUT2D eigenvalue weighted by Gasteiger charge is -2.42. The summed E-state index contributed by atoms with van der Waals surface area (Å²) in [6, 6.07) is 12.3. The van der Waals surface area contributed by atoms with E-state index in [1.54, 1.807) is 35.1 Å². The summed E-state index contributed by atoms with van der Waals surface area (Å²) in [7, 11) is 1.79. The van der Waals surface area contributed by atoms with E-state index in [0.717, 1.165) is 27.6 Å². The maximum Gasteiger partial charge on any atom is 0.113 e. The van der Waals surface area contributed by atoms with Crippen molar-refractivity contribution in [3.63, 3.8) is 0 Å². The maximum absolute atomic E-state index is 9.82. The first-order valence-corrected chi connectivity index (χ1v) is 10.3. The number of aromatic nitrogens is 6. The number of nitrogens with zero attached hydrogens (tertiary/aromatic N) is 8. The fourth-order valence-electron chi connectivity index (χ4n) is 4.53. The van der Waals surface area contributed by atoms with E-state index in [0.29, 0.717) is 24.2 Å². The van der Waals surface area contributed by atoms with Gasteiger partial charge in [0.2, 0.25) is 0 Å². The highest BCUT2D eigenvalue weighted by molar-refractivity contribution is 5.97. The molecule has 1 aliphatic carbocycles. The smallest absolute Gasteiger partial charge is 0.113 e. The monoisotopic (exact) mass is 424 g/mol. The molecule has 4 aromatic rings. The minimum Gasteiger partial charge on any atom is -0.390 e. The summed E-state index contributed by atoms with van der Waals surface area (Å²) in [5, 5.41) is 42.8. The van der Waals surface area contributed by atoms with Crippen molar-refractivity contribution >= 4 is 10.9 Å². The molecule has 3 heterocycles. The van der Waals surface area contributed by atoms with E-state index in [1.165, 1.54) is 0 Å². The summed E-state index contributed by atoms with van der Waals surface area (Å²) in [6.07, 6.45) is 6.57. The molecule has 1 saturated carbocycles. The van der Waals surface area contributed by atoms with Gasteiger partial charge in [-0.15, -0.1) is 0 Å². The molecule has 158 valence electrons. The predicted molar refractivity (Wildman–Crippen MR) is 115 cm³/mol. The van der Waals surface area contributed by atoms with Gasteiger partial charge in [-0.2, -0.15) is 30.6 Å². The average Bonchev–Trinajstić information content (AvgIpc) is 3.42. The number of aliphatic hydroxyl groups excluding tert-OH is 1. The van der Waals surface area contributed by atoms with Gasteiger partial charge in [0.05, 0.1) is 60.2 Å². The number of pyridine rings is 1. The van der Waals surface area contributed by atoms with E-state index in [1.807, 2.05) is 24.3 Å². The Morgan fingerprint density at radius 2 is 2.03 bits per heavy atom. The van der Waals surface area contributed by atoms with Gasteiger partial charge in [0.25, 0.3) is 0 Å². The Morgan fingerprint density at radius 3 is 2.78 bits per heavy atom. The van der Waals surface area contributed by atoms with Gasteiger partial charge in [0, 0.05) is 29.8 Å².